The highest BCUT2D eigenvalue weighted by atomic mass is 32.2. The Morgan fingerprint density at radius 1 is 0.895 bits per heavy atom. The molecule has 0 aliphatic heterocycles. The number of sulfone groups is 1. The van der Waals surface area contributed by atoms with Crippen molar-refractivity contribution in [3.05, 3.63) is 71.8 Å². The second kappa shape index (κ2) is 5.15. The minimum atomic E-state index is -3.33. The summed E-state index contributed by atoms with van der Waals surface area (Å²) in [4.78, 5) is 0. The molecular formula is C15H16O3S. The van der Waals surface area contributed by atoms with Crippen LogP contribution in [0.5, 0.6) is 0 Å². The van der Waals surface area contributed by atoms with E-state index in [1.54, 1.807) is 48.5 Å². The van der Waals surface area contributed by atoms with E-state index in [1.807, 2.05) is 12.1 Å². The predicted molar refractivity (Wildman–Crippen MR) is 75.6 cm³/mol. The predicted octanol–water partition coefficient (Wildman–Crippen LogP) is 1.97. The Kier molecular flexibility index (Phi) is 3.73. The average Bonchev–Trinajstić information content (AvgIpc) is 2.39. The molecule has 3 nitrogen and oxygen atoms in total. The van der Waals surface area contributed by atoms with Gasteiger partial charge in [0.2, 0.25) is 0 Å². The maximum atomic E-state index is 11.6. The summed E-state index contributed by atoms with van der Waals surface area (Å²) < 4.78 is 23.3. The summed E-state index contributed by atoms with van der Waals surface area (Å²) in [6.07, 6.45) is 1.13. The molecule has 2 aromatic rings. The van der Waals surface area contributed by atoms with Gasteiger partial charge in [0.05, 0.1) is 5.75 Å². The van der Waals surface area contributed by atoms with E-state index in [0.29, 0.717) is 11.1 Å². The van der Waals surface area contributed by atoms with Crippen molar-refractivity contribution in [2.45, 2.75) is 5.60 Å². The third-order valence-corrected chi connectivity index (χ3v) is 3.92. The maximum Gasteiger partial charge on any atom is 0.150 e. The van der Waals surface area contributed by atoms with Crippen LogP contribution in [0.2, 0.25) is 0 Å². The molecule has 0 radical (unpaired) electrons. The van der Waals surface area contributed by atoms with Crippen molar-refractivity contribution < 1.29 is 13.5 Å². The molecule has 0 unspecified atom stereocenters. The standard InChI is InChI=1S/C15H16O3S/c1-19(17,18)12-15(16,13-8-4-2-5-9-13)14-10-6-3-7-11-14/h2-11,16H,12H2,1H3. The number of rotatable bonds is 4. The van der Waals surface area contributed by atoms with Crippen LogP contribution in [0.1, 0.15) is 11.1 Å². The molecule has 0 amide bonds. The molecule has 100 valence electrons. The topological polar surface area (TPSA) is 54.4 Å². The third-order valence-electron chi connectivity index (χ3n) is 2.97. The van der Waals surface area contributed by atoms with Gasteiger partial charge in [-0.05, 0) is 11.1 Å². The van der Waals surface area contributed by atoms with E-state index in [9.17, 15) is 13.5 Å². The van der Waals surface area contributed by atoms with Crippen molar-refractivity contribution in [2.75, 3.05) is 12.0 Å². The molecule has 0 heterocycles. The lowest BCUT2D eigenvalue weighted by atomic mass is 9.88. The number of hydrogen-bond donors (Lipinski definition) is 1. The molecule has 0 aliphatic carbocycles. The van der Waals surface area contributed by atoms with Crippen LogP contribution in [-0.2, 0) is 15.4 Å². The Labute approximate surface area is 113 Å². The van der Waals surface area contributed by atoms with E-state index in [-0.39, 0.29) is 5.75 Å². The molecule has 2 rings (SSSR count). The average molecular weight is 276 g/mol. The van der Waals surface area contributed by atoms with Gasteiger partial charge >= 0.3 is 0 Å². The molecule has 0 saturated carbocycles. The van der Waals surface area contributed by atoms with Crippen LogP contribution in [0, 0.1) is 0 Å². The van der Waals surface area contributed by atoms with Gasteiger partial charge in [0, 0.05) is 6.26 Å². The van der Waals surface area contributed by atoms with E-state index in [2.05, 4.69) is 0 Å². The summed E-state index contributed by atoms with van der Waals surface area (Å²) >= 11 is 0. The van der Waals surface area contributed by atoms with Gasteiger partial charge in [-0.15, -0.1) is 0 Å². The number of hydrogen-bond acceptors (Lipinski definition) is 3. The quantitative estimate of drug-likeness (QED) is 0.929. The van der Waals surface area contributed by atoms with Crippen LogP contribution in [0.25, 0.3) is 0 Å². The van der Waals surface area contributed by atoms with Crippen molar-refractivity contribution in [2.24, 2.45) is 0 Å². The van der Waals surface area contributed by atoms with Gasteiger partial charge in [0.15, 0.2) is 9.84 Å². The van der Waals surface area contributed by atoms with Gasteiger partial charge in [-0.3, -0.25) is 0 Å². The molecule has 0 atom stereocenters. The first kappa shape index (κ1) is 13.8. The highest BCUT2D eigenvalue weighted by Crippen LogP contribution is 2.30. The molecule has 0 aromatic heterocycles. The van der Waals surface area contributed by atoms with Crippen LogP contribution in [-0.4, -0.2) is 25.5 Å². The van der Waals surface area contributed by atoms with Gasteiger partial charge < -0.3 is 5.11 Å². The highest BCUT2D eigenvalue weighted by Gasteiger charge is 2.35. The fourth-order valence-corrected chi connectivity index (χ4v) is 3.23. The molecular weight excluding hydrogens is 260 g/mol. The molecule has 4 heteroatoms. The SMILES string of the molecule is CS(=O)(=O)CC(O)(c1ccccc1)c1ccccc1. The highest BCUT2D eigenvalue weighted by molar-refractivity contribution is 7.90. The molecule has 0 saturated heterocycles. The lowest BCUT2D eigenvalue weighted by Crippen LogP contribution is -2.35. The third kappa shape index (κ3) is 3.22. The summed E-state index contributed by atoms with van der Waals surface area (Å²) in [5, 5.41) is 10.9. The first-order chi connectivity index (χ1) is 8.92. The Morgan fingerprint density at radius 2 is 1.26 bits per heavy atom. The largest absolute Gasteiger partial charge is 0.379 e. The zero-order chi connectivity index (χ0) is 13.9. The van der Waals surface area contributed by atoms with Gasteiger partial charge in [-0.25, -0.2) is 8.42 Å². The lowest BCUT2D eigenvalue weighted by Gasteiger charge is -2.28. The van der Waals surface area contributed by atoms with E-state index in [4.69, 9.17) is 0 Å². The Hall–Kier alpha value is -1.65. The van der Waals surface area contributed by atoms with Crippen LogP contribution in [0.3, 0.4) is 0 Å². The molecule has 0 bridgehead atoms. The minimum absolute atomic E-state index is 0.339. The summed E-state index contributed by atoms with van der Waals surface area (Å²) in [7, 11) is -3.33. The molecule has 0 fully saturated rings. The van der Waals surface area contributed by atoms with Crippen LogP contribution < -0.4 is 0 Å². The maximum absolute atomic E-state index is 11.6. The van der Waals surface area contributed by atoms with Crippen molar-refractivity contribution in [3.8, 4) is 0 Å². The Morgan fingerprint density at radius 3 is 1.58 bits per heavy atom. The summed E-state index contributed by atoms with van der Waals surface area (Å²) in [6, 6.07) is 17.7. The van der Waals surface area contributed by atoms with Gasteiger partial charge in [0.1, 0.15) is 5.60 Å². The van der Waals surface area contributed by atoms with Crippen LogP contribution in [0.4, 0.5) is 0 Å². The van der Waals surface area contributed by atoms with E-state index >= 15 is 0 Å². The van der Waals surface area contributed by atoms with E-state index < -0.39 is 15.4 Å². The normalized spacial score (nSPS) is 12.3. The fraction of sp³-hybridized carbons (Fsp3) is 0.200. The fourth-order valence-electron chi connectivity index (χ4n) is 2.14. The van der Waals surface area contributed by atoms with Gasteiger partial charge in [-0.2, -0.15) is 0 Å². The zero-order valence-electron chi connectivity index (χ0n) is 10.7. The molecule has 0 aliphatic rings. The Bertz CT molecular complexity index is 594. The van der Waals surface area contributed by atoms with Crippen LogP contribution >= 0.6 is 0 Å². The first-order valence-electron chi connectivity index (χ1n) is 5.93. The smallest absolute Gasteiger partial charge is 0.150 e. The summed E-state index contributed by atoms with van der Waals surface area (Å²) in [5.41, 5.74) is -0.367. The number of aliphatic hydroxyl groups is 1. The summed E-state index contributed by atoms with van der Waals surface area (Å²) in [6.45, 7) is 0. The van der Waals surface area contributed by atoms with Gasteiger partial charge in [0.25, 0.3) is 0 Å². The van der Waals surface area contributed by atoms with E-state index in [1.165, 1.54) is 0 Å². The Balaban J connectivity index is 2.57. The first-order valence-corrected chi connectivity index (χ1v) is 7.99. The van der Waals surface area contributed by atoms with Gasteiger partial charge in [-0.1, -0.05) is 60.7 Å². The molecule has 1 N–H and O–H groups in total. The van der Waals surface area contributed by atoms with Crippen molar-refractivity contribution in [1.82, 2.24) is 0 Å². The van der Waals surface area contributed by atoms with Crippen molar-refractivity contribution in [3.63, 3.8) is 0 Å². The molecule has 19 heavy (non-hydrogen) atoms. The minimum Gasteiger partial charge on any atom is -0.379 e. The summed E-state index contributed by atoms with van der Waals surface area (Å²) in [5.74, 6) is -0.339. The molecule has 0 spiro atoms. The zero-order valence-corrected chi connectivity index (χ0v) is 11.5. The second-order valence-electron chi connectivity index (χ2n) is 4.66. The van der Waals surface area contributed by atoms with Crippen LogP contribution in [0.15, 0.2) is 60.7 Å². The number of benzene rings is 2. The van der Waals surface area contributed by atoms with Crippen molar-refractivity contribution >= 4 is 9.84 Å². The van der Waals surface area contributed by atoms with Crippen molar-refractivity contribution in [1.29, 1.82) is 0 Å². The second-order valence-corrected chi connectivity index (χ2v) is 6.80. The van der Waals surface area contributed by atoms with E-state index in [0.717, 1.165) is 6.26 Å². The lowest BCUT2D eigenvalue weighted by molar-refractivity contribution is 0.106. The monoisotopic (exact) mass is 276 g/mol. The molecule has 2 aromatic carbocycles.